The van der Waals surface area contributed by atoms with Crippen molar-refractivity contribution in [2.24, 2.45) is 0 Å². The van der Waals surface area contributed by atoms with E-state index in [1.165, 1.54) is 4.90 Å². The van der Waals surface area contributed by atoms with Crippen molar-refractivity contribution in [2.75, 3.05) is 14.1 Å². The first-order valence-electron chi connectivity index (χ1n) is 4.44. The van der Waals surface area contributed by atoms with Crippen LogP contribution in [0.25, 0.3) is 5.65 Å². The summed E-state index contributed by atoms with van der Waals surface area (Å²) in [5.41, 5.74) is 1.20. The second kappa shape index (κ2) is 3.66. The van der Waals surface area contributed by atoms with Crippen LogP contribution in [0.3, 0.4) is 0 Å². The molecule has 0 saturated heterocycles. The van der Waals surface area contributed by atoms with Gasteiger partial charge < -0.3 is 9.30 Å². The number of carbonyl (C=O) groups is 1. The molecule has 1 amide bonds. The van der Waals surface area contributed by atoms with Gasteiger partial charge in [0, 0.05) is 26.5 Å². The van der Waals surface area contributed by atoms with Gasteiger partial charge in [-0.05, 0) is 28.1 Å². The molecule has 78 valence electrons. The van der Waals surface area contributed by atoms with Gasteiger partial charge in [0.25, 0.3) is 5.91 Å². The van der Waals surface area contributed by atoms with E-state index in [0.717, 1.165) is 10.1 Å². The van der Waals surface area contributed by atoms with Gasteiger partial charge in [-0.2, -0.15) is 0 Å². The van der Waals surface area contributed by atoms with Crippen LogP contribution in [-0.4, -0.2) is 34.3 Å². The number of amides is 1. The molecule has 0 bridgehead atoms. The summed E-state index contributed by atoms with van der Waals surface area (Å²) in [6, 6.07) is 3.79. The molecule has 2 rings (SSSR count). The number of hydrogen-bond acceptors (Lipinski definition) is 2. The SMILES string of the molecule is CN(C)C(=O)c1cn2cccc(Br)c2n1. The van der Waals surface area contributed by atoms with E-state index in [1.54, 1.807) is 20.3 Å². The third-order valence-corrected chi connectivity index (χ3v) is 2.68. The third-order valence-electron chi connectivity index (χ3n) is 2.06. The van der Waals surface area contributed by atoms with Crippen LogP contribution < -0.4 is 0 Å². The average molecular weight is 268 g/mol. The lowest BCUT2D eigenvalue weighted by molar-refractivity contribution is 0.0822. The van der Waals surface area contributed by atoms with Gasteiger partial charge in [0.05, 0.1) is 4.47 Å². The molecule has 0 atom stereocenters. The highest BCUT2D eigenvalue weighted by atomic mass is 79.9. The molecule has 5 heteroatoms. The fourth-order valence-electron chi connectivity index (χ4n) is 1.31. The summed E-state index contributed by atoms with van der Waals surface area (Å²) in [7, 11) is 3.42. The molecule has 2 aromatic rings. The van der Waals surface area contributed by atoms with Crippen LogP contribution in [0.15, 0.2) is 29.0 Å². The van der Waals surface area contributed by atoms with Crippen LogP contribution in [0.4, 0.5) is 0 Å². The van der Waals surface area contributed by atoms with Gasteiger partial charge in [0.2, 0.25) is 0 Å². The van der Waals surface area contributed by atoms with Crippen LogP contribution >= 0.6 is 15.9 Å². The Morgan fingerprint density at radius 3 is 2.87 bits per heavy atom. The molecule has 0 N–H and O–H groups in total. The second-order valence-electron chi connectivity index (χ2n) is 3.41. The fraction of sp³-hybridized carbons (Fsp3) is 0.200. The summed E-state index contributed by atoms with van der Waals surface area (Å²) < 4.78 is 2.70. The van der Waals surface area contributed by atoms with Crippen molar-refractivity contribution in [3.63, 3.8) is 0 Å². The molecule has 0 fully saturated rings. The molecule has 0 aromatic carbocycles. The standard InChI is InChI=1S/C10H10BrN3O/c1-13(2)10(15)8-6-14-5-3-4-7(11)9(14)12-8/h3-6H,1-2H3. The lowest BCUT2D eigenvalue weighted by Crippen LogP contribution is -2.21. The van der Waals surface area contributed by atoms with Crippen molar-refractivity contribution < 1.29 is 4.79 Å². The first kappa shape index (κ1) is 10.2. The Kier molecular flexibility index (Phi) is 2.48. The number of rotatable bonds is 1. The molecule has 15 heavy (non-hydrogen) atoms. The van der Waals surface area contributed by atoms with E-state index in [1.807, 2.05) is 22.7 Å². The van der Waals surface area contributed by atoms with E-state index in [4.69, 9.17) is 0 Å². The molecule has 0 aliphatic heterocycles. The zero-order valence-corrected chi connectivity index (χ0v) is 10.0. The van der Waals surface area contributed by atoms with Crippen molar-refractivity contribution >= 4 is 27.5 Å². The van der Waals surface area contributed by atoms with Gasteiger partial charge in [0.15, 0.2) is 5.65 Å². The zero-order valence-electron chi connectivity index (χ0n) is 8.44. The molecule has 0 saturated carbocycles. The normalized spacial score (nSPS) is 10.6. The maximum Gasteiger partial charge on any atom is 0.273 e. The van der Waals surface area contributed by atoms with Crippen LogP contribution in [0, 0.1) is 0 Å². The molecule has 2 aromatic heterocycles. The number of fused-ring (bicyclic) bond motifs is 1. The minimum absolute atomic E-state index is 0.0920. The highest BCUT2D eigenvalue weighted by molar-refractivity contribution is 9.10. The molecule has 0 radical (unpaired) electrons. The molecule has 2 heterocycles. The Labute approximate surface area is 95.7 Å². The van der Waals surface area contributed by atoms with Gasteiger partial charge >= 0.3 is 0 Å². The first-order chi connectivity index (χ1) is 7.09. The number of nitrogens with zero attached hydrogens (tertiary/aromatic N) is 3. The number of aromatic nitrogens is 2. The Balaban J connectivity index is 2.57. The predicted octanol–water partition coefficient (Wildman–Crippen LogP) is 1.80. The minimum atomic E-state index is -0.0920. The van der Waals surface area contributed by atoms with Gasteiger partial charge in [-0.25, -0.2) is 4.98 Å². The van der Waals surface area contributed by atoms with Gasteiger partial charge in [-0.1, -0.05) is 0 Å². The lowest BCUT2D eigenvalue weighted by atomic mass is 10.4. The van der Waals surface area contributed by atoms with Crippen LogP contribution in [0.2, 0.25) is 0 Å². The van der Waals surface area contributed by atoms with Crippen molar-refractivity contribution in [1.82, 2.24) is 14.3 Å². The van der Waals surface area contributed by atoms with E-state index in [9.17, 15) is 4.79 Å². The fourth-order valence-corrected chi connectivity index (χ4v) is 1.76. The lowest BCUT2D eigenvalue weighted by Gasteiger charge is -2.06. The number of hydrogen-bond donors (Lipinski definition) is 0. The number of halogens is 1. The summed E-state index contributed by atoms with van der Waals surface area (Å²) in [5.74, 6) is -0.0920. The highest BCUT2D eigenvalue weighted by Gasteiger charge is 2.13. The predicted molar refractivity (Wildman–Crippen MR) is 60.9 cm³/mol. The van der Waals surface area contributed by atoms with Crippen molar-refractivity contribution in [3.05, 3.63) is 34.7 Å². The molecular formula is C10H10BrN3O. The van der Waals surface area contributed by atoms with Crippen LogP contribution in [-0.2, 0) is 0 Å². The largest absolute Gasteiger partial charge is 0.343 e. The number of imidazole rings is 1. The topological polar surface area (TPSA) is 37.6 Å². The van der Waals surface area contributed by atoms with Crippen molar-refractivity contribution in [1.29, 1.82) is 0 Å². The maximum absolute atomic E-state index is 11.7. The summed E-state index contributed by atoms with van der Waals surface area (Å²) in [4.78, 5) is 17.4. The summed E-state index contributed by atoms with van der Waals surface area (Å²) in [5, 5.41) is 0. The molecule has 0 unspecified atom stereocenters. The Bertz CT molecular complexity index is 518. The minimum Gasteiger partial charge on any atom is -0.343 e. The summed E-state index contributed by atoms with van der Waals surface area (Å²) >= 11 is 3.39. The van der Waals surface area contributed by atoms with Gasteiger partial charge in [-0.3, -0.25) is 4.79 Å². The molecular weight excluding hydrogens is 258 g/mol. The van der Waals surface area contributed by atoms with Crippen molar-refractivity contribution in [2.45, 2.75) is 0 Å². The summed E-state index contributed by atoms with van der Waals surface area (Å²) in [6.45, 7) is 0. The van der Waals surface area contributed by atoms with Crippen molar-refractivity contribution in [3.8, 4) is 0 Å². The second-order valence-corrected chi connectivity index (χ2v) is 4.27. The van der Waals surface area contributed by atoms with E-state index < -0.39 is 0 Å². The average Bonchev–Trinajstić information content (AvgIpc) is 2.61. The monoisotopic (exact) mass is 267 g/mol. The third kappa shape index (κ3) is 1.74. The van der Waals surface area contributed by atoms with E-state index in [2.05, 4.69) is 20.9 Å². The van der Waals surface area contributed by atoms with E-state index in [0.29, 0.717) is 5.69 Å². The first-order valence-corrected chi connectivity index (χ1v) is 5.24. The summed E-state index contributed by atoms with van der Waals surface area (Å²) in [6.07, 6.45) is 3.59. The van der Waals surface area contributed by atoms with Crippen LogP contribution in [0.5, 0.6) is 0 Å². The van der Waals surface area contributed by atoms with E-state index in [-0.39, 0.29) is 5.91 Å². The highest BCUT2D eigenvalue weighted by Crippen LogP contribution is 2.17. The maximum atomic E-state index is 11.7. The van der Waals surface area contributed by atoms with E-state index >= 15 is 0 Å². The Morgan fingerprint density at radius 2 is 2.27 bits per heavy atom. The smallest absolute Gasteiger partial charge is 0.273 e. The molecule has 0 aliphatic rings. The van der Waals surface area contributed by atoms with Gasteiger partial charge in [0.1, 0.15) is 5.69 Å². The molecule has 0 spiro atoms. The van der Waals surface area contributed by atoms with Gasteiger partial charge in [-0.15, -0.1) is 0 Å². The van der Waals surface area contributed by atoms with Crippen LogP contribution in [0.1, 0.15) is 10.5 Å². The molecule has 4 nitrogen and oxygen atoms in total. The zero-order chi connectivity index (χ0) is 11.0. The molecule has 0 aliphatic carbocycles. The number of carbonyl (C=O) groups excluding carboxylic acids is 1. The Morgan fingerprint density at radius 1 is 1.53 bits per heavy atom. The number of pyridine rings is 1. The quantitative estimate of drug-likeness (QED) is 0.790. The Hall–Kier alpha value is -1.36.